The molecule has 0 aliphatic heterocycles. The number of aryl methyl sites for hydroxylation is 2. The van der Waals surface area contributed by atoms with Crippen LogP contribution >= 0.6 is 0 Å². The van der Waals surface area contributed by atoms with E-state index in [2.05, 4.69) is 25.3 Å². The molecule has 1 aromatic heterocycles. The van der Waals surface area contributed by atoms with Crippen LogP contribution in [0.3, 0.4) is 0 Å². The third-order valence-corrected chi connectivity index (χ3v) is 4.23. The fraction of sp³-hybridized carbons (Fsp3) is 0.833. The molecule has 122 valence electrons. The molecule has 0 unspecified atom stereocenters. The Morgan fingerprint density at radius 1 is 0.857 bits per heavy atom. The zero-order chi connectivity index (χ0) is 15.5. The summed E-state index contributed by atoms with van der Waals surface area (Å²) >= 11 is 0. The minimum atomic E-state index is 0.922. The molecule has 0 aliphatic rings. The maximum absolute atomic E-state index is 6.30. The summed E-state index contributed by atoms with van der Waals surface area (Å²) in [4.78, 5) is 4.77. The highest BCUT2D eigenvalue weighted by atomic mass is 15.1. The predicted octanol–water partition coefficient (Wildman–Crippen LogP) is 5.12. The van der Waals surface area contributed by atoms with Crippen LogP contribution in [0.1, 0.15) is 90.1 Å². The predicted molar refractivity (Wildman–Crippen MR) is 92.6 cm³/mol. The van der Waals surface area contributed by atoms with E-state index in [-0.39, 0.29) is 0 Å². The summed E-state index contributed by atoms with van der Waals surface area (Å²) < 4.78 is 2.24. The summed E-state index contributed by atoms with van der Waals surface area (Å²) in [6.07, 6.45) is 13.8. The van der Waals surface area contributed by atoms with Crippen molar-refractivity contribution >= 4 is 5.82 Å². The van der Waals surface area contributed by atoms with E-state index in [1.165, 1.54) is 63.6 Å². The number of rotatable bonds is 12. The first-order valence-corrected chi connectivity index (χ1v) is 9.08. The van der Waals surface area contributed by atoms with Gasteiger partial charge in [-0.05, 0) is 19.3 Å². The lowest BCUT2D eigenvalue weighted by atomic mass is 10.1. The molecule has 0 spiro atoms. The van der Waals surface area contributed by atoms with E-state index in [1.807, 2.05) is 0 Å². The highest BCUT2D eigenvalue weighted by molar-refractivity contribution is 5.38. The van der Waals surface area contributed by atoms with Gasteiger partial charge in [0.15, 0.2) is 0 Å². The van der Waals surface area contributed by atoms with Gasteiger partial charge >= 0.3 is 0 Å². The van der Waals surface area contributed by atoms with Crippen LogP contribution in [0.15, 0.2) is 0 Å². The van der Waals surface area contributed by atoms with E-state index >= 15 is 0 Å². The number of nitrogen functional groups attached to an aromatic ring is 1. The highest BCUT2D eigenvalue weighted by Crippen LogP contribution is 2.19. The van der Waals surface area contributed by atoms with Crippen LogP contribution in [0.4, 0.5) is 5.82 Å². The minimum Gasteiger partial charge on any atom is -0.384 e. The molecule has 2 N–H and O–H groups in total. The topological polar surface area (TPSA) is 43.8 Å². The summed E-state index contributed by atoms with van der Waals surface area (Å²) in [5.41, 5.74) is 7.44. The van der Waals surface area contributed by atoms with Gasteiger partial charge in [-0.25, -0.2) is 4.98 Å². The first kappa shape index (κ1) is 18.1. The van der Waals surface area contributed by atoms with Gasteiger partial charge in [-0.15, -0.1) is 0 Å². The number of unbranched alkanes of at least 4 members (excludes halogenated alkanes) is 7. The summed E-state index contributed by atoms with van der Waals surface area (Å²) in [5, 5.41) is 0. The van der Waals surface area contributed by atoms with E-state index in [0.29, 0.717) is 0 Å². The van der Waals surface area contributed by atoms with Gasteiger partial charge in [0.25, 0.3) is 0 Å². The van der Waals surface area contributed by atoms with Crippen molar-refractivity contribution in [2.45, 2.75) is 97.9 Å². The molecule has 1 rings (SSSR count). The molecule has 0 saturated heterocycles. The molecule has 0 aromatic carbocycles. The monoisotopic (exact) mass is 293 g/mol. The highest BCUT2D eigenvalue weighted by Gasteiger charge is 2.12. The Balaban J connectivity index is 2.39. The average Bonchev–Trinajstić information content (AvgIpc) is 2.80. The van der Waals surface area contributed by atoms with Crippen LogP contribution in [0.25, 0.3) is 0 Å². The van der Waals surface area contributed by atoms with Gasteiger partial charge in [-0.2, -0.15) is 0 Å². The summed E-state index contributed by atoms with van der Waals surface area (Å²) in [5.74, 6) is 2.09. The molecule has 0 radical (unpaired) electrons. The summed E-state index contributed by atoms with van der Waals surface area (Å²) in [7, 11) is 0. The van der Waals surface area contributed by atoms with Crippen molar-refractivity contribution in [3.8, 4) is 0 Å². The summed E-state index contributed by atoms with van der Waals surface area (Å²) in [6.45, 7) is 7.68. The van der Waals surface area contributed by atoms with E-state index in [1.54, 1.807) is 0 Å². The molecule has 0 atom stereocenters. The third-order valence-electron chi connectivity index (χ3n) is 4.23. The number of anilines is 1. The first-order chi connectivity index (χ1) is 10.2. The number of nitrogens with two attached hydrogens (primary N) is 1. The van der Waals surface area contributed by atoms with Crippen molar-refractivity contribution in [3.63, 3.8) is 0 Å². The standard InChI is InChI=1S/C18H35N3/c1-4-7-9-10-11-12-13-14-16-18(19)21(15-8-5-2)17(6-3)20-16/h4-15,19H2,1-3H3. The van der Waals surface area contributed by atoms with E-state index in [0.717, 1.165) is 30.9 Å². The quantitative estimate of drug-likeness (QED) is 0.543. The molecule has 0 fully saturated rings. The van der Waals surface area contributed by atoms with E-state index in [4.69, 9.17) is 10.7 Å². The molecule has 1 heterocycles. The van der Waals surface area contributed by atoms with Crippen LogP contribution in [0, 0.1) is 0 Å². The maximum atomic E-state index is 6.30. The largest absolute Gasteiger partial charge is 0.384 e. The fourth-order valence-corrected chi connectivity index (χ4v) is 2.84. The Morgan fingerprint density at radius 3 is 2.10 bits per heavy atom. The van der Waals surface area contributed by atoms with Gasteiger partial charge < -0.3 is 10.3 Å². The van der Waals surface area contributed by atoms with Crippen molar-refractivity contribution in [3.05, 3.63) is 11.5 Å². The Bertz CT molecular complexity index is 382. The Kier molecular flexibility index (Phi) is 9.20. The van der Waals surface area contributed by atoms with Gasteiger partial charge in [0, 0.05) is 13.0 Å². The molecule has 3 heteroatoms. The average molecular weight is 293 g/mol. The van der Waals surface area contributed by atoms with Gasteiger partial charge in [-0.1, -0.05) is 65.7 Å². The molecule has 0 saturated carbocycles. The van der Waals surface area contributed by atoms with Crippen molar-refractivity contribution in [2.24, 2.45) is 0 Å². The molecule has 0 bridgehead atoms. The van der Waals surface area contributed by atoms with E-state index in [9.17, 15) is 0 Å². The number of nitrogens with zero attached hydrogens (tertiary/aromatic N) is 2. The second kappa shape index (κ2) is 10.7. The zero-order valence-corrected chi connectivity index (χ0v) is 14.5. The van der Waals surface area contributed by atoms with Crippen LogP contribution in [-0.4, -0.2) is 9.55 Å². The smallest absolute Gasteiger partial charge is 0.126 e. The molecule has 1 aromatic rings. The zero-order valence-electron chi connectivity index (χ0n) is 14.5. The van der Waals surface area contributed by atoms with Crippen molar-refractivity contribution < 1.29 is 0 Å². The minimum absolute atomic E-state index is 0.922. The number of hydrogen-bond acceptors (Lipinski definition) is 2. The normalized spacial score (nSPS) is 11.2. The SMILES string of the molecule is CCCCCCCCCc1nc(CC)n(CCCC)c1N. The van der Waals surface area contributed by atoms with Crippen LogP contribution in [0.2, 0.25) is 0 Å². The van der Waals surface area contributed by atoms with Crippen molar-refractivity contribution in [1.82, 2.24) is 9.55 Å². The molecule has 0 amide bonds. The van der Waals surface area contributed by atoms with Gasteiger partial charge in [-0.3, -0.25) is 0 Å². The number of imidazole rings is 1. The molecular weight excluding hydrogens is 258 g/mol. The lowest BCUT2D eigenvalue weighted by Gasteiger charge is -2.07. The maximum Gasteiger partial charge on any atom is 0.126 e. The Labute approximate surface area is 131 Å². The summed E-state index contributed by atoms with van der Waals surface area (Å²) in [6, 6.07) is 0. The lowest BCUT2D eigenvalue weighted by molar-refractivity contribution is 0.587. The molecular formula is C18H35N3. The number of hydrogen-bond donors (Lipinski definition) is 1. The van der Waals surface area contributed by atoms with Gasteiger partial charge in [0.2, 0.25) is 0 Å². The molecule has 0 aliphatic carbocycles. The molecule has 21 heavy (non-hydrogen) atoms. The lowest BCUT2D eigenvalue weighted by Crippen LogP contribution is -2.07. The van der Waals surface area contributed by atoms with E-state index < -0.39 is 0 Å². The van der Waals surface area contributed by atoms with Crippen LogP contribution < -0.4 is 5.73 Å². The van der Waals surface area contributed by atoms with Gasteiger partial charge in [0.05, 0.1) is 5.69 Å². The second-order valence-corrected chi connectivity index (χ2v) is 6.09. The van der Waals surface area contributed by atoms with Crippen LogP contribution in [-0.2, 0) is 19.4 Å². The van der Waals surface area contributed by atoms with Crippen molar-refractivity contribution in [1.29, 1.82) is 0 Å². The van der Waals surface area contributed by atoms with Crippen molar-refractivity contribution in [2.75, 3.05) is 5.73 Å². The first-order valence-electron chi connectivity index (χ1n) is 9.08. The second-order valence-electron chi connectivity index (χ2n) is 6.09. The van der Waals surface area contributed by atoms with Crippen LogP contribution in [0.5, 0.6) is 0 Å². The Hall–Kier alpha value is -0.990. The Morgan fingerprint density at radius 2 is 1.48 bits per heavy atom. The fourth-order valence-electron chi connectivity index (χ4n) is 2.84. The van der Waals surface area contributed by atoms with Gasteiger partial charge in [0.1, 0.15) is 11.6 Å². The number of aromatic nitrogens is 2. The molecule has 3 nitrogen and oxygen atoms in total. The third kappa shape index (κ3) is 6.11.